The molecule has 0 radical (unpaired) electrons. The largest absolute Gasteiger partial charge is 0.387 e. The third-order valence-corrected chi connectivity index (χ3v) is 4.26. The Balaban J connectivity index is 2.70. The minimum Gasteiger partial charge on any atom is -0.387 e. The van der Waals surface area contributed by atoms with Crippen LogP contribution < -0.4 is 0 Å². The predicted molar refractivity (Wildman–Crippen MR) is 82.8 cm³/mol. The van der Waals surface area contributed by atoms with Crippen LogP contribution >= 0.6 is 11.6 Å². The molecule has 0 amide bonds. The Labute approximate surface area is 129 Å². The number of hydrogen-bond donors (Lipinski definition) is 1. The van der Waals surface area contributed by atoms with Gasteiger partial charge in [0.15, 0.2) is 0 Å². The van der Waals surface area contributed by atoms with Crippen molar-refractivity contribution >= 4 is 11.6 Å². The Bertz CT molecular complexity index is 634. The molecule has 1 aromatic heterocycles. The number of benzene rings is 1. The van der Waals surface area contributed by atoms with Crippen molar-refractivity contribution in [2.75, 3.05) is 0 Å². The van der Waals surface area contributed by atoms with Crippen molar-refractivity contribution in [2.24, 2.45) is 13.0 Å². The van der Waals surface area contributed by atoms with Crippen LogP contribution in [-0.4, -0.2) is 14.9 Å². The molecule has 0 aliphatic heterocycles. The van der Waals surface area contributed by atoms with Gasteiger partial charge < -0.3 is 5.11 Å². The zero-order valence-electron chi connectivity index (χ0n) is 12.7. The number of rotatable bonds is 4. The molecule has 0 aliphatic carbocycles. The van der Waals surface area contributed by atoms with Crippen LogP contribution in [0.4, 0.5) is 4.39 Å². The first kappa shape index (κ1) is 16.0. The Morgan fingerprint density at radius 2 is 2.05 bits per heavy atom. The van der Waals surface area contributed by atoms with Gasteiger partial charge >= 0.3 is 0 Å². The highest BCUT2D eigenvalue weighted by Crippen LogP contribution is 2.39. The summed E-state index contributed by atoms with van der Waals surface area (Å²) < 4.78 is 15.9. The fraction of sp³-hybridized carbons (Fsp3) is 0.438. The fourth-order valence-corrected chi connectivity index (χ4v) is 2.81. The number of nitrogens with zero attached hydrogens (tertiary/aromatic N) is 2. The van der Waals surface area contributed by atoms with Crippen molar-refractivity contribution in [1.29, 1.82) is 0 Å². The highest BCUT2D eigenvalue weighted by atomic mass is 35.5. The molecule has 21 heavy (non-hydrogen) atoms. The first-order valence-electron chi connectivity index (χ1n) is 7.04. The van der Waals surface area contributed by atoms with E-state index >= 15 is 0 Å². The second kappa shape index (κ2) is 6.16. The zero-order chi connectivity index (χ0) is 15.7. The molecule has 2 aromatic rings. The lowest BCUT2D eigenvalue weighted by atomic mass is 9.93. The topological polar surface area (TPSA) is 38.1 Å². The molecule has 0 spiro atoms. The van der Waals surface area contributed by atoms with E-state index in [2.05, 4.69) is 5.10 Å². The van der Waals surface area contributed by atoms with Crippen molar-refractivity contribution < 1.29 is 9.50 Å². The monoisotopic (exact) mass is 310 g/mol. The molecule has 2 atom stereocenters. The molecule has 0 fully saturated rings. The normalized spacial score (nSPS) is 14.2. The van der Waals surface area contributed by atoms with Crippen molar-refractivity contribution in [3.8, 4) is 11.1 Å². The van der Waals surface area contributed by atoms with Crippen LogP contribution in [0.1, 0.15) is 37.8 Å². The molecule has 0 aliphatic rings. The Hall–Kier alpha value is -1.39. The maximum atomic E-state index is 14.2. The van der Waals surface area contributed by atoms with Crippen LogP contribution in [0.5, 0.6) is 0 Å². The summed E-state index contributed by atoms with van der Waals surface area (Å²) in [5, 5.41) is 15.2. The van der Waals surface area contributed by atoms with E-state index in [9.17, 15) is 9.50 Å². The van der Waals surface area contributed by atoms with E-state index in [4.69, 9.17) is 11.6 Å². The average molecular weight is 311 g/mol. The second-order valence-corrected chi connectivity index (χ2v) is 5.80. The van der Waals surface area contributed by atoms with Gasteiger partial charge in [0.05, 0.1) is 22.5 Å². The van der Waals surface area contributed by atoms with E-state index < -0.39 is 11.9 Å². The van der Waals surface area contributed by atoms with E-state index in [1.165, 1.54) is 6.07 Å². The van der Waals surface area contributed by atoms with Gasteiger partial charge in [0.25, 0.3) is 0 Å². The summed E-state index contributed by atoms with van der Waals surface area (Å²) in [7, 11) is 1.76. The summed E-state index contributed by atoms with van der Waals surface area (Å²) in [6, 6.07) is 4.58. The molecule has 1 N–H and O–H groups in total. The number of aryl methyl sites for hydroxylation is 2. The quantitative estimate of drug-likeness (QED) is 0.916. The molecule has 0 saturated carbocycles. The van der Waals surface area contributed by atoms with Crippen LogP contribution in [0, 0.1) is 18.7 Å². The Kier molecular flexibility index (Phi) is 4.69. The summed E-state index contributed by atoms with van der Waals surface area (Å²) in [6.07, 6.45) is 0.0995. The van der Waals surface area contributed by atoms with E-state index in [-0.39, 0.29) is 5.92 Å². The van der Waals surface area contributed by atoms with Crippen LogP contribution in [0.25, 0.3) is 11.1 Å². The Morgan fingerprint density at radius 1 is 1.38 bits per heavy atom. The van der Waals surface area contributed by atoms with Crippen LogP contribution in [-0.2, 0) is 7.05 Å². The van der Waals surface area contributed by atoms with Crippen LogP contribution in [0.2, 0.25) is 5.02 Å². The van der Waals surface area contributed by atoms with Crippen molar-refractivity contribution in [2.45, 2.75) is 33.3 Å². The molecule has 3 nitrogen and oxygen atoms in total. The number of hydrogen-bond acceptors (Lipinski definition) is 2. The minimum atomic E-state index is -0.716. The lowest BCUT2D eigenvalue weighted by Crippen LogP contribution is -2.14. The van der Waals surface area contributed by atoms with Gasteiger partial charge in [0.1, 0.15) is 5.82 Å². The zero-order valence-corrected chi connectivity index (χ0v) is 13.4. The van der Waals surface area contributed by atoms with Crippen molar-refractivity contribution in [1.82, 2.24) is 9.78 Å². The van der Waals surface area contributed by atoms with Gasteiger partial charge in [-0.25, -0.2) is 4.39 Å². The highest BCUT2D eigenvalue weighted by Gasteiger charge is 2.27. The van der Waals surface area contributed by atoms with Crippen molar-refractivity contribution in [3.63, 3.8) is 0 Å². The smallest absolute Gasteiger partial charge is 0.132 e. The molecule has 2 rings (SSSR count). The molecule has 1 aromatic carbocycles. The first-order chi connectivity index (χ1) is 9.88. The third-order valence-electron chi connectivity index (χ3n) is 3.94. The third kappa shape index (κ3) is 2.83. The number of halogens is 2. The second-order valence-electron chi connectivity index (χ2n) is 5.40. The minimum absolute atomic E-state index is 0.0455. The number of aliphatic hydroxyl groups is 1. The maximum Gasteiger partial charge on any atom is 0.132 e. The van der Waals surface area contributed by atoms with E-state index in [1.807, 2.05) is 13.8 Å². The van der Waals surface area contributed by atoms with E-state index in [1.54, 1.807) is 30.8 Å². The maximum absolute atomic E-state index is 14.2. The molecule has 1 heterocycles. The SMILES string of the molecule is CCC(C)C(O)c1c(-c2c(F)cccc2Cl)c(C)nn1C. The van der Waals surface area contributed by atoms with Crippen LogP contribution in [0.3, 0.4) is 0 Å². The summed E-state index contributed by atoms with van der Waals surface area (Å²) in [6.45, 7) is 5.76. The van der Waals surface area contributed by atoms with E-state index in [0.717, 1.165) is 6.42 Å². The highest BCUT2D eigenvalue weighted by molar-refractivity contribution is 6.33. The van der Waals surface area contributed by atoms with E-state index in [0.29, 0.717) is 27.5 Å². The molecule has 0 saturated heterocycles. The van der Waals surface area contributed by atoms with Gasteiger partial charge in [0.2, 0.25) is 0 Å². The van der Waals surface area contributed by atoms with Gasteiger partial charge in [-0.15, -0.1) is 0 Å². The summed E-state index contributed by atoms with van der Waals surface area (Å²) in [5.74, 6) is -0.361. The fourth-order valence-electron chi connectivity index (χ4n) is 2.55. The van der Waals surface area contributed by atoms with Gasteiger partial charge in [-0.05, 0) is 25.0 Å². The molecule has 0 bridgehead atoms. The summed E-state index contributed by atoms with van der Waals surface area (Å²) in [4.78, 5) is 0. The number of aromatic nitrogens is 2. The van der Waals surface area contributed by atoms with Gasteiger partial charge in [-0.2, -0.15) is 5.10 Å². The average Bonchev–Trinajstić information content (AvgIpc) is 2.72. The summed E-state index contributed by atoms with van der Waals surface area (Å²) in [5.41, 5.74) is 2.16. The first-order valence-corrected chi connectivity index (χ1v) is 7.42. The molecule has 114 valence electrons. The van der Waals surface area contributed by atoms with Gasteiger partial charge in [-0.1, -0.05) is 37.9 Å². The molecular weight excluding hydrogens is 291 g/mol. The molecule has 5 heteroatoms. The predicted octanol–water partition coefficient (Wildman–Crippen LogP) is 4.27. The lowest BCUT2D eigenvalue weighted by molar-refractivity contribution is 0.108. The molecular formula is C16H20ClFN2O. The lowest BCUT2D eigenvalue weighted by Gasteiger charge is -2.20. The molecule has 2 unspecified atom stereocenters. The van der Waals surface area contributed by atoms with Crippen LogP contribution in [0.15, 0.2) is 18.2 Å². The number of aliphatic hydroxyl groups excluding tert-OH is 1. The standard InChI is InChI=1S/C16H20ClFN2O/c1-5-9(2)16(21)15-13(10(3)19-20(15)4)14-11(17)7-6-8-12(14)18/h6-9,16,21H,5H2,1-4H3. The van der Waals surface area contributed by atoms with Crippen molar-refractivity contribution in [3.05, 3.63) is 40.4 Å². The van der Waals surface area contributed by atoms with Gasteiger partial charge in [0, 0.05) is 18.2 Å². The summed E-state index contributed by atoms with van der Waals surface area (Å²) >= 11 is 6.18. The Morgan fingerprint density at radius 3 is 2.62 bits per heavy atom. The van der Waals surface area contributed by atoms with Gasteiger partial charge in [-0.3, -0.25) is 4.68 Å².